The number of hydrogen-bond donors (Lipinski definition) is 0. The zero-order valence-electron chi connectivity index (χ0n) is 26.1. The lowest BCUT2D eigenvalue weighted by Gasteiger charge is -2.31. The molecule has 222 valence electrons. The van der Waals surface area contributed by atoms with E-state index in [9.17, 15) is 0 Å². The minimum Gasteiger partial charge on any atom is -0.314 e. The highest BCUT2D eigenvalue weighted by molar-refractivity contribution is 6.14. The average Bonchev–Trinajstić information content (AvgIpc) is 3.15. The van der Waals surface area contributed by atoms with Crippen LogP contribution in [0.2, 0.25) is 0 Å². The average molecular weight is 600 g/mol. The molecule has 0 fully saturated rings. The molecule has 0 radical (unpaired) electrons. The van der Waals surface area contributed by atoms with Crippen molar-refractivity contribution in [1.29, 1.82) is 0 Å². The first-order chi connectivity index (χ1) is 23.3. The SMILES string of the molecule is C1=C(c2cccc3ccccc23)CCC(N(c2ccc(-c3cccc4ccccc34)cc2)c2cc3ccccc3c3ccccc23)=C1. The molecule has 0 saturated carbocycles. The monoisotopic (exact) mass is 599 g/mol. The number of benzene rings is 8. The van der Waals surface area contributed by atoms with Gasteiger partial charge in [-0.2, -0.15) is 0 Å². The Morgan fingerprint density at radius 2 is 0.936 bits per heavy atom. The van der Waals surface area contributed by atoms with Crippen LogP contribution in [0.25, 0.3) is 59.8 Å². The van der Waals surface area contributed by atoms with Gasteiger partial charge >= 0.3 is 0 Å². The molecule has 0 spiro atoms. The van der Waals surface area contributed by atoms with Gasteiger partial charge in [-0.3, -0.25) is 0 Å². The van der Waals surface area contributed by atoms with Crippen molar-refractivity contribution in [2.24, 2.45) is 0 Å². The lowest BCUT2D eigenvalue weighted by Crippen LogP contribution is -2.18. The van der Waals surface area contributed by atoms with Crippen molar-refractivity contribution in [1.82, 2.24) is 0 Å². The maximum absolute atomic E-state index is 2.50. The number of nitrogens with zero attached hydrogens (tertiary/aromatic N) is 1. The lowest BCUT2D eigenvalue weighted by atomic mass is 9.91. The normalized spacial score (nSPS) is 13.2. The second kappa shape index (κ2) is 11.5. The summed E-state index contributed by atoms with van der Waals surface area (Å²) in [6.45, 7) is 0. The summed E-state index contributed by atoms with van der Waals surface area (Å²) in [5.41, 5.74) is 8.89. The van der Waals surface area contributed by atoms with E-state index in [0.29, 0.717) is 0 Å². The quantitative estimate of drug-likeness (QED) is 0.178. The van der Waals surface area contributed by atoms with E-state index in [0.717, 1.165) is 12.8 Å². The number of hydrogen-bond acceptors (Lipinski definition) is 1. The van der Waals surface area contributed by atoms with Crippen LogP contribution in [-0.4, -0.2) is 0 Å². The molecule has 0 unspecified atom stereocenters. The summed E-state index contributed by atoms with van der Waals surface area (Å²) in [7, 11) is 0. The Labute approximate surface area is 275 Å². The van der Waals surface area contributed by atoms with Crippen molar-refractivity contribution < 1.29 is 0 Å². The van der Waals surface area contributed by atoms with E-state index < -0.39 is 0 Å². The van der Waals surface area contributed by atoms with Crippen molar-refractivity contribution in [2.75, 3.05) is 4.90 Å². The Kier molecular flexibility index (Phi) is 6.68. The Morgan fingerprint density at radius 1 is 0.383 bits per heavy atom. The van der Waals surface area contributed by atoms with Crippen LogP contribution >= 0.6 is 0 Å². The third kappa shape index (κ3) is 4.80. The Balaban J connectivity index is 1.21. The molecule has 0 atom stereocenters. The first-order valence-electron chi connectivity index (χ1n) is 16.5. The van der Waals surface area contributed by atoms with Crippen LogP contribution in [0.5, 0.6) is 0 Å². The van der Waals surface area contributed by atoms with Crippen molar-refractivity contribution in [3.63, 3.8) is 0 Å². The summed E-state index contributed by atoms with van der Waals surface area (Å²) in [6.07, 6.45) is 6.63. The predicted octanol–water partition coefficient (Wildman–Crippen LogP) is 12.9. The van der Waals surface area contributed by atoms with E-state index in [4.69, 9.17) is 0 Å². The van der Waals surface area contributed by atoms with E-state index in [1.165, 1.54) is 82.4 Å². The van der Waals surface area contributed by atoms with E-state index in [1.54, 1.807) is 0 Å². The molecule has 1 aliphatic carbocycles. The van der Waals surface area contributed by atoms with Crippen LogP contribution in [0.1, 0.15) is 18.4 Å². The molecular weight excluding hydrogens is 567 g/mol. The van der Waals surface area contributed by atoms with Crippen LogP contribution in [0.4, 0.5) is 11.4 Å². The zero-order valence-corrected chi connectivity index (χ0v) is 26.1. The Morgan fingerprint density at radius 3 is 1.62 bits per heavy atom. The van der Waals surface area contributed by atoms with E-state index >= 15 is 0 Å². The maximum atomic E-state index is 2.50. The van der Waals surface area contributed by atoms with Gasteiger partial charge in [-0.1, -0.05) is 152 Å². The molecule has 1 heteroatoms. The van der Waals surface area contributed by atoms with Gasteiger partial charge in [-0.05, 0) is 97.1 Å². The first-order valence-corrected chi connectivity index (χ1v) is 16.5. The summed E-state index contributed by atoms with van der Waals surface area (Å²) in [6, 6.07) is 59.8. The van der Waals surface area contributed by atoms with Gasteiger partial charge < -0.3 is 4.90 Å². The van der Waals surface area contributed by atoms with Gasteiger partial charge in [0.2, 0.25) is 0 Å². The Hall–Kier alpha value is -5.92. The summed E-state index contributed by atoms with van der Waals surface area (Å²) in [5.74, 6) is 0. The van der Waals surface area contributed by atoms with Gasteiger partial charge in [0, 0.05) is 16.8 Å². The van der Waals surface area contributed by atoms with Crippen molar-refractivity contribution >= 4 is 60.0 Å². The fraction of sp³-hybridized carbons (Fsp3) is 0.0435. The maximum Gasteiger partial charge on any atom is 0.0543 e. The fourth-order valence-corrected chi connectivity index (χ4v) is 7.49. The molecule has 9 rings (SSSR count). The topological polar surface area (TPSA) is 3.24 Å². The van der Waals surface area contributed by atoms with E-state index in [2.05, 4.69) is 181 Å². The standard InChI is InChI=1S/C46H33N/c1-4-16-39-32(11-1)14-9-21-41(39)34-23-27-37(28-24-34)47(46-31-36-13-3-6-18-43(36)44-19-7-8-20-45(44)46)38-29-25-35(26-30-38)42-22-10-15-33-12-2-5-17-40(33)42/h1-25,27-29,31H,26,30H2. The molecule has 8 aromatic rings. The lowest BCUT2D eigenvalue weighted by molar-refractivity contribution is 0.933. The highest BCUT2D eigenvalue weighted by Gasteiger charge is 2.21. The van der Waals surface area contributed by atoms with Gasteiger partial charge in [0.15, 0.2) is 0 Å². The third-order valence-electron chi connectivity index (χ3n) is 9.76. The minimum atomic E-state index is 0.946. The van der Waals surface area contributed by atoms with E-state index in [1.807, 2.05) is 0 Å². The van der Waals surface area contributed by atoms with Gasteiger partial charge in [0.1, 0.15) is 0 Å². The molecule has 0 heterocycles. The van der Waals surface area contributed by atoms with Crippen molar-refractivity contribution in [2.45, 2.75) is 12.8 Å². The number of allylic oxidation sites excluding steroid dienone is 4. The number of anilines is 2. The number of fused-ring (bicyclic) bond motifs is 5. The predicted molar refractivity (Wildman–Crippen MR) is 202 cm³/mol. The minimum absolute atomic E-state index is 0.946. The smallest absolute Gasteiger partial charge is 0.0543 e. The molecule has 0 saturated heterocycles. The second-order valence-electron chi connectivity index (χ2n) is 12.4. The molecule has 1 nitrogen and oxygen atoms in total. The first kappa shape index (κ1) is 27.4. The van der Waals surface area contributed by atoms with Gasteiger partial charge in [-0.15, -0.1) is 0 Å². The molecule has 0 aliphatic heterocycles. The van der Waals surface area contributed by atoms with Gasteiger partial charge in [-0.25, -0.2) is 0 Å². The largest absolute Gasteiger partial charge is 0.314 e. The van der Waals surface area contributed by atoms with Crippen LogP contribution in [0, 0.1) is 0 Å². The van der Waals surface area contributed by atoms with Crippen molar-refractivity contribution in [3.8, 4) is 11.1 Å². The number of rotatable bonds is 5. The molecular formula is C46H33N. The molecule has 0 aromatic heterocycles. The molecule has 8 aromatic carbocycles. The van der Waals surface area contributed by atoms with E-state index in [-0.39, 0.29) is 0 Å². The van der Waals surface area contributed by atoms with Crippen LogP contribution in [-0.2, 0) is 0 Å². The fourth-order valence-electron chi connectivity index (χ4n) is 7.49. The summed E-state index contributed by atoms with van der Waals surface area (Å²) in [4.78, 5) is 2.50. The molecule has 0 N–H and O–H groups in total. The van der Waals surface area contributed by atoms with Crippen LogP contribution in [0.3, 0.4) is 0 Å². The highest BCUT2D eigenvalue weighted by atomic mass is 15.1. The highest BCUT2D eigenvalue weighted by Crippen LogP contribution is 2.43. The molecule has 47 heavy (non-hydrogen) atoms. The van der Waals surface area contributed by atoms with Crippen molar-refractivity contribution in [3.05, 3.63) is 187 Å². The third-order valence-corrected chi connectivity index (χ3v) is 9.76. The van der Waals surface area contributed by atoms with Crippen LogP contribution in [0.15, 0.2) is 182 Å². The summed E-state index contributed by atoms with van der Waals surface area (Å²) >= 11 is 0. The molecule has 0 amide bonds. The second-order valence-corrected chi connectivity index (χ2v) is 12.4. The van der Waals surface area contributed by atoms with Gasteiger partial charge in [0.25, 0.3) is 0 Å². The molecule has 1 aliphatic rings. The zero-order chi connectivity index (χ0) is 31.2. The summed E-state index contributed by atoms with van der Waals surface area (Å²) < 4.78 is 0. The van der Waals surface area contributed by atoms with Crippen LogP contribution < -0.4 is 4.90 Å². The van der Waals surface area contributed by atoms with Gasteiger partial charge in [0.05, 0.1) is 5.69 Å². The summed E-state index contributed by atoms with van der Waals surface area (Å²) in [5, 5.41) is 10.2. The molecule has 0 bridgehead atoms. The Bertz CT molecular complexity index is 2500.